The molecule has 0 aliphatic carbocycles. The molecule has 0 saturated carbocycles. The maximum absolute atomic E-state index is 9.37. The fraction of sp³-hybridized carbons (Fsp3) is 0.700. The smallest absolute Gasteiger partial charge is 0.0666 e. The highest BCUT2D eigenvalue weighted by Crippen LogP contribution is 2.12. The van der Waals surface area contributed by atoms with E-state index in [1.807, 2.05) is 13.0 Å². The predicted octanol–water partition coefficient (Wildman–Crippen LogP) is 2.40. The summed E-state index contributed by atoms with van der Waals surface area (Å²) in [5.74, 6) is 0. The molecule has 0 aromatic heterocycles. The van der Waals surface area contributed by atoms with Crippen LogP contribution in [-0.4, -0.2) is 10.7 Å². The normalized spacial score (nSPS) is 12.8. The van der Waals surface area contributed by atoms with Gasteiger partial charge in [0.25, 0.3) is 0 Å². The zero-order chi connectivity index (χ0) is 9.61. The first-order valence-electron chi connectivity index (χ1n) is 4.20. The average molecular weight is 167 g/mol. The lowest BCUT2D eigenvalue weighted by molar-refractivity contribution is 0.0721. The van der Waals surface area contributed by atoms with Crippen molar-refractivity contribution >= 4 is 0 Å². The van der Waals surface area contributed by atoms with Crippen LogP contribution >= 0.6 is 0 Å². The minimum absolute atomic E-state index is 0.492. The summed E-state index contributed by atoms with van der Waals surface area (Å²) in [7, 11) is 0. The van der Waals surface area contributed by atoms with Crippen molar-refractivity contribution in [3.8, 4) is 6.07 Å². The third-order valence-electron chi connectivity index (χ3n) is 1.61. The number of aliphatic hydroxyl groups is 1. The Labute approximate surface area is 74.5 Å². The molecule has 0 spiro atoms. The molecule has 12 heavy (non-hydrogen) atoms. The van der Waals surface area contributed by atoms with Gasteiger partial charge in [0, 0.05) is 0 Å². The summed E-state index contributed by atoms with van der Waals surface area (Å²) in [6, 6.07) is 2.08. The van der Waals surface area contributed by atoms with Crippen LogP contribution in [0.5, 0.6) is 0 Å². The monoisotopic (exact) mass is 167 g/mol. The van der Waals surface area contributed by atoms with Crippen LogP contribution in [0.15, 0.2) is 11.6 Å². The molecule has 0 heterocycles. The van der Waals surface area contributed by atoms with Gasteiger partial charge in [0.1, 0.15) is 0 Å². The number of allylic oxidation sites excluding steroid dienone is 2. The van der Waals surface area contributed by atoms with Gasteiger partial charge in [-0.15, -0.1) is 0 Å². The molecule has 68 valence electrons. The van der Waals surface area contributed by atoms with Crippen LogP contribution < -0.4 is 0 Å². The van der Waals surface area contributed by atoms with Crippen molar-refractivity contribution in [2.45, 2.75) is 45.6 Å². The van der Waals surface area contributed by atoms with Crippen LogP contribution in [0.3, 0.4) is 0 Å². The van der Waals surface area contributed by atoms with Crippen molar-refractivity contribution in [1.82, 2.24) is 0 Å². The fourth-order valence-corrected chi connectivity index (χ4v) is 0.869. The summed E-state index contributed by atoms with van der Waals surface area (Å²) in [6.45, 7) is 5.52. The molecule has 2 heteroatoms. The molecule has 2 nitrogen and oxygen atoms in total. The Morgan fingerprint density at radius 1 is 1.58 bits per heavy atom. The van der Waals surface area contributed by atoms with E-state index in [4.69, 9.17) is 5.26 Å². The van der Waals surface area contributed by atoms with E-state index in [-0.39, 0.29) is 0 Å². The zero-order valence-electron chi connectivity index (χ0n) is 8.09. The van der Waals surface area contributed by atoms with Gasteiger partial charge in [-0.25, -0.2) is 0 Å². The van der Waals surface area contributed by atoms with Gasteiger partial charge in [-0.3, -0.25) is 0 Å². The summed E-state index contributed by atoms with van der Waals surface area (Å²) in [5, 5.41) is 17.7. The summed E-state index contributed by atoms with van der Waals surface area (Å²) < 4.78 is 0. The molecular weight excluding hydrogens is 150 g/mol. The topological polar surface area (TPSA) is 44.0 Å². The number of hydrogen-bond acceptors (Lipinski definition) is 2. The molecule has 0 atom stereocenters. The molecule has 0 aromatic carbocycles. The molecule has 0 rings (SSSR count). The Morgan fingerprint density at radius 2 is 2.17 bits per heavy atom. The van der Waals surface area contributed by atoms with E-state index in [2.05, 4.69) is 6.07 Å². The van der Waals surface area contributed by atoms with Gasteiger partial charge in [-0.2, -0.15) is 5.26 Å². The van der Waals surface area contributed by atoms with Crippen molar-refractivity contribution in [2.24, 2.45) is 0 Å². The van der Waals surface area contributed by atoms with Gasteiger partial charge in [-0.1, -0.05) is 11.6 Å². The van der Waals surface area contributed by atoms with E-state index in [9.17, 15) is 5.11 Å². The molecule has 0 radical (unpaired) electrons. The Bertz CT molecular complexity index is 193. The van der Waals surface area contributed by atoms with Gasteiger partial charge >= 0.3 is 0 Å². The fourth-order valence-electron chi connectivity index (χ4n) is 0.869. The van der Waals surface area contributed by atoms with Crippen LogP contribution in [0.25, 0.3) is 0 Å². The number of nitrogens with zero attached hydrogens (tertiary/aromatic N) is 1. The Balaban J connectivity index is 3.69. The van der Waals surface area contributed by atoms with E-state index in [0.29, 0.717) is 6.42 Å². The van der Waals surface area contributed by atoms with Crippen molar-refractivity contribution in [2.75, 3.05) is 0 Å². The van der Waals surface area contributed by atoms with E-state index < -0.39 is 5.60 Å². The van der Waals surface area contributed by atoms with E-state index in [0.717, 1.165) is 18.4 Å². The second-order valence-electron chi connectivity index (χ2n) is 3.74. The van der Waals surface area contributed by atoms with Crippen molar-refractivity contribution < 1.29 is 5.11 Å². The van der Waals surface area contributed by atoms with Crippen molar-refractivity contribution in [3.63, 3.8) is 0 Å². The standard InChI is InChI=1S/C10H17NO/c1-9(6-8-11)5-4-7-10(2,3)12/h5,12H,4,6-7H2,1-3H3/b9-5+. The Hall–Kier alpha value is -0.810. The molecule has 0 saturated heterocycles. The molecular formula is C10H17NO. The predicted molar refractivity (Wildman–Crippen MR) is 49.5 cm³/mol. The molecule has 0 aliphatic rings. The van der Waals surface area contributed by atoms with E-state index >= 15 is 0 Å². The quantitative estimate of drug-likeness (QED) is 0.653. The molecule has 0 amide bonds. The summed E-state index contributed by atoms with van der Waals surface area (Å²) >= 11 is 0. The average Bonchev–Trinajstić information content (AvgIpc) is 1.84. The Morgan fingerprint density at radius 3 is 2.58 bits per heavy atom. The van der Waals surface area contributed by atoms with Crippen molar-refractivity contribution in [3.05, 3.63) is 11.6 Å². The minimum Gasteiger partial charge on any atom is -0.390 e. The lowest BCUT2D eigenvalue weighted by Gasteiger charge is -2.15. The maximum Gasteiger partial charge on any atom is 0.0666 e. The number of nitriles is 1. The van der Waals surface area contributed by atoms with Crippen LogP contribution in [0.4, 0.5) is 0 Å². The molecule has 0 aliphatic heterocycles. The number of hydrogen-bond donors (Lipinski definition) is 1. The Kier molecular flexibility index (Phi) is 4.61. The highest BCUT2D eigenvalue weighted by molar-refractivity contribution is 5.04. The highest BCUT2D eigenvalue weighted by atomic mass is 16.3. The molecule has 1 N–H and O–H groups in total. The van der Waals surface area contributed by atoms with E-state index in [1.54, 1.807) is 13.8 Å². The van der Waals surface area contributed by atoms with Gasteiger partial charge < -0.3 is 5.11 Å². The van der Waals surface area contributed by atoms with Crippen LogP contribution in [-0.2, 0) is 0 Å². The molecule has 0 bridgehead atoms. The van der Waals surface area contributed by atoms with Crippen molar-refractivity contribution in [1.29, 1.82) is 5.26 Å². The van der Waals surface area contributed by atoms with Crippen LogP contribution in [0.1, 0.15) is 40.0 Å². The molecule has 0 aromatic rings. The van der Waals surface area contributed by atoms with Gasteiger partial charge in [0.2, 0.25) is 0 Å². The summed E-state index contributed by atoms with van der Waals surface area (Å²) in [5.41, 5.74) is 0.491. The second-order valence-corrected chi connectivity index (χ2v) is 3.74. The zero-order valence-corrected chi connectivity index (χ0v) is 8.09. The first-order valence-corrected chi connectivity index (χ1v) is 4.20. The largest absolute Gasteiger partial charge is 0.390 e. The SMILES string of the molecule is C/C(=C\CCC(C)(C)O)CC#N. The lowest BCUT2D eigenvalue weighted by atomic mass is 10.0. The summed E-state index contributed by atoms with van der Waals surface area (Å²) in [4.78, 5) is 0. The molecule has 0 unspecified atom stereocenters. The van der Waals surface area contributed by atoms with Crippen LogP contribution in [0.2, 0.25) is 0 Å². The lowest BCUT2D eigenvalue weighted by Crippen LogP contribution is -2.17. The van der Waals surface area contributed by atoms with Crippen LogP contribution in [0, 0.1) is 11.3 Å². The highest BCUT2D eigenvalue weighted by Gasteiger charge is 2.09. The number of rotatable bonds is 4. The van der Waals surface area contributed by atoms with Gasteiger partial charge in [0.15, 0.2) is 0 Å². The van der Waals surface area contributed by atoms with Gasteiger partial charge in [-0.05, 0) is 33.6 Å². The third kappa shape index (κ3) is 7.30. The second kappa shape index (κ2) is 4.95. The summed E-state index contributed by atoms with van der Waals surface area (Å²) in [6.07, 6.45) is 4.10. The van der Waals surface area contributed by atoms with E-state index in [1.165, 1.54) is 0 Å². The first-order chi connectivity index (χ1) is 5.45. The minimum atomic E-state index is -0.594. The molecule has 0 fully saturated rings. The maximum atomic E-state index is 9.37. The van der Waals surface area contributed by atoms with Gasteiger partial charge in [0.05, 0.1) is 18.1 Å². The first kappa shape index (κ1) is 11.2. The third-order valence-corrected chi connectivity index (χ3v) is 1.61.